The van der Waals surface area contributed by atoms with E-state index in [1.165, 1.54) is 0 Å². The number of carbonyl (C=O) groups is 2. The number of rotatable bonds is 9. The van der Waals surface area contributed by atoms with Gasteiger partial charge in [0.25, 0.3) is 11.8 Å². The van der Waals surface area contributed by atoms with Crippen molar-refractivity contribution in [3.63, 3.8) is 0 Å². The summed E-state index contributed by atoms with van der Waals surface area (Å²) in [6.45, 7) is 5.21. The van der Waals surface area contributed by atoms with Crippen molar-refractivity contribution in [2.75, 3.05) is 11.9 Å². The van der Waals surface area contributed by atoms with Gasteiger partial charge in [-0.25, -0.2) is 0 Å². The lowest BCUT2D eigenvalue weighted by molar-refractivity contribution is 0.0948. The number of benzene rings is 3. The highest BCUT2D eigenvalue weighted by atomic mass is 79.9. The standard InChI is InChI=1S/C27H28BrN3O3S/c1-18(2)14-15-34-24-13-10-21(28)16-23(24)26(33)31-27(35)30-22-11-8-20(9-12-22)25(32)29-17-19-6-4-3-5-7-19/h3-13,16,18H,14-15,17H2,1-2H3,(H,29,32)(H2,30,31,33,35). The minimum absolute atomic E-state index is 0.143. The zero-order valence-electron chi connectivity index (χ0n) is 19.6. The van der Waals surface area contributed by atoms with Crippen LogP contribution in [0.25, 0.3) is 0 Å². The number of halogens is 1. The number of amides is 2. The fourth-order valence-corrected chi connectivity index (χ4v) is 3.70. The Morgan fingerprint density at radius 1 is 0.971 bits per heavy atom. The summed E-state index contributed by atoms with van der Waals surface area (Å²) in [6.07, 6.45) is 0.886. The van der Waals surface area contributed by atoms with E-state index >= 15 is 0 Å². The molecule has 0 saturated carbocycles. The normalized spacial score (nSPS) is 10.5. The summed E-state index contributed by atoms with van der Waals surface area (Å²) in [5.74, 6) is 0.456. The average molecular weight is 555 g/mol. The van der Waals surface area contributed by atoms with Gasteiger partial charge in [0.1, 0.15) is 5.75 Å². The van der Waals surface area contributed by atoms with Crippen molar-refractivity contribution in [2.24, 2.45) is 5.92 Å². The maximum absolute atomic E-state index is 12.9. The molecule has 0 aliphatic rings. The highest BCUT2D eigenvalue weighted by molar-refractivity contribution is 9.10. The topological polar surface area (TPSA) is 79.5 Å². The van der Waals surface area contributed by atoms with Gasteiger partial charge in [-0.3, -0.25) is 14.9 Å². The lowest BCUT2D eigenvalue weighted by Crippen LogP contribution is -2.34. The van der Waals surface area contributed by atoms with Crippen LogP contribution in [-0.2, 0) is 6.54 Å². The van der Waals surface area contributed by atoms with Gasteiger partial charge in [0.2, 0.25) is 0 Å². The first-order chi connectivity index (χ1) is 16.8. The molecule has 3 aromatic carbocycles. The van der Waals surface area contributed by atoms with E-state index in [0.717, 1.165) is 16.5 Å². The van der Waals surface area contributed by atoms with Crippen molar-refractivity contribution in [3.8, 4) is 5.75 Å². The third-order valence-electron chi connectivity index (χ3n) is 5.07. The SMILES string of the molecule is CC(C)CCOc1ccc(Br)cc1C(=O)NC(=S)Nc1ccc(C(=O)NCc2ccccc2)cc1. The summed E-state index contributed by atoms with van der Waals surface area (Å²) < 4.78 is 6.59. The maximum Gasteiger partial charge on any atom is 0.261 e. The molecule has 0 radical (unpaired) electrons. The monoisotopic (exact) mass is 553 g/mol. The van der Waals surface area contributed by atoms with E-state index in [9.17, 15) is 9.59 Å². The molecule has 0 saturated heterocycles. The fourth-order valence-electron chi connectivity index (χ4n) is 3.13. The van der Waals surface area contributed by atoms with Crippen LogP contribution < -0.4 is 20.7 Å². The van der Waals surface area contributed by atoms with E-state index in [1.54, 1.807) is 36.4 Å². The molecule has 8 heteroatoms. The lowest BCUT2D eigenvalue weighted by Gasteiger charge is -2.14. The number of nitrogens with one attached hydrogen (secondary N) is 3. The third-order valence-corrected chi connectivity index (χ3v) is 5.76. The Labute approximate surface area is 219 Å². The van der Waals surface area contributed by atoms with E-state index in [2.05, 4.69) is 45.7 Å². The van der Waals surface area contributed by atoms with Crippen molar-refractivity contribution < 1.29 is 14.3 Å². The van der Waals surface area contributed by atoms with Gasteiger partial charge in [-0.15, -0.1) is 0 Å². The van der Waals surface area contributed by atoms with Gasteiger partial charge in [0.15, 0.2) is 5.11 Å². The quantitative estimate of drug-likeness (QED) is 0.286. The summed E-state index contributed by atoms with van der Waals surface area (Å²) in [5.41, 5.74) is 2.59. The molecule has 6 nitrogen and oxygen atoms in total. The molecule has 35 heavy (non-hydrogen) atoms. The Hall–Kier alpha value is -3.23. The second-order valence-corrected chi connectivity index (χ2v) is 9.65. The van der Waals surface area contributed by atoms with E-state index < -0.39 is 0 Å². The highest BCUT2D eigenvalue weighted by Gasteiger charge is 2.15. The van der Waals surface area contributed by atoms with Crippen LogP contribution in [-0.4, -0.2) is 23.5 Å². The van der Waals surface area contributed by atoms with E-state index in [-0.39, 0.29) is 16.9 Å². The molecule has 182 valence electrons. The molecule has 0 aliphatic carbocycles. The Bertz CT molecular complexity index is 1170. The molecule has 2 amide bonds. The average Bonchev–Trinajstić information content (AvgIpc) is 2.84. The van der Waals surface area contributed by atoms with Crippen LogP contribution in [0.5, 0.6) is 5.75 Å². The first-order valence-electron chi connectivity index (χ1n) is 11.3. The molecule has 0 fully saturated rings. The van der Waals surface area contributed by atoms with Crippen molar-refractivity contribution in [1.29, 1.82) is 0 Å². The van der Waals surface area contributed by atoms with Gasteiger partial charge in [-0.1, -0.05) is 60.1 Å². The molecule has 0 bridgehead atoms. The minimum atomic E-state index is -0.375. The first-order valence-corrected chi connectivity index (χ1v) is 12.5. The van der Waals surface area contributed by atoms with Crippen LogP contribution in [0.3, 0.4) is 0 Å². The van der Waals surface area contributed by atoms with Crippen LogP contribution in [0.15, 0.2) is 77.3 Å². The van der Waals surface area contributed by atoms with Gasteiger partial charge >= 0.3 is 0 Å². The minimum Gasteiger partial charge on any atom is -0.493 e. The molecule has 0 aliphatic heterocycles. The Kier molecular flexibility index (Phi) is 9.81. The van der Waals surface area contributed by atoms with E-state index in [0.29, 0.717) is 41.6 Å². The fraction of sp³-hybridized carbons (Fsp3) is 0.222. The van der Waals surface area contributed by atoms with Gasteiger partial charge in [0, 0.05) is 22.3 Å². The van der Waals surface area contributed by atoms with E-state index in [1.807, 2.05) is 36.4 Å². The molecule has 0 atom stereocenters. The molecule has 0 aromatic heterocycles. The van der Waals surface area contributed by atoms with Crippen molar-refractivity contribution >= 4 is 50.8 Å². The van der Waals surface area contributed by atoms with Gasteiger partial charge in [-0.05, 0) is 72.6 Å². The molecule has 0 spiro atoms. The number of hydrogen-bond donors (Lipinski definition) is 3. The lowest BCUT2D eigenvalue weighted by atomic mass is 10.1. The zero-order valence-corrected chi connectivity index (χ0v) is 22.0. The van der Waals surface area contributed by atoms with Crippen LogP contribution in [0.2, 0.25) is 0 Å². The van der Waals surface area contributed by atoms with Gasteiger partial charge in [-0.2, -0.15) is 0 Å². The maximum atomic E-state index is 12.9. The number of hydrogen-bond acceptors (Lipinski definition) is 4. The number of carbonyl (C=O) groups excluding carboxylic acids is 2. The number of ether oxygens (including phenoxy) is 1. The summed E-state index contributed by atoms with van der Waals surface area (Å²) in [4.78, 5) is 25.3. The van der Waals surface area contributed by atoms with Crippen LogP contribution in [0, 0.1) is 5.92 Å². The zero-order chi connectivity index (χ0) is 25.2. The largest absolute Gasteiger partial charge is 0.493 e. The van der Waals surface area contributed by atoms with Crippen molar-refractivity contribution in [2.45, 2.75) is 26.8 Å². The molecule has 3 rings (SSSR count). The number of thiocarbonyl (C=S) groups is 1. The predicted octanol–water partition coefficient (Wildman–Crippen LogP) is 5.93. The Balaban J connectivity index is 1.55. The highest BCUT2D eigenvalue weighted by Crippen LogP contribution is 2.24. The van der Waals surface area contributed by atoms with Gasteiger partial charge in [0.05, 0.1) is 12.2 Å². The molecule has 0 heterocycles. The molecule has 0 unspecified atom stereocenters. The molecular formula is C27H28BrN3O3S. The Morgan fingerprint density at radius 3 is 2.37 bits per heavy atom. The molecule has 3 N–H and O–H groups in total. The van der Waals surface area contributed by atoms with E-state index in [4.69, 9.17) is 17.0 Å². The smallest absolute Gasteiger partial charge is 0.261 e. The summed E-state index contributed by atoms with van der Waals surface area (Å²) >= 11 is 8.72. The molecule has 3 aromatic rings. The summed E-state index contributed by atoms with van der Waals surface area (Å²) in [6, 6.07) is 21.9. The predicted molar refractivity (Wildman–Crippen MR) is 147 cm³/mol. The van der Waals surface area contributed by atoms with Crippen LogP contribution >= 0.6 is 28.1 Å². The van der Waals surface area contributed by atoms with Gasteiger partial charge < -0.3 is 15.4 Å². The second-order valence-electron chi connectivity index (χ2n) is 8.33. The molecular weight excluding hydrogens is 526 g/mol. The first kappa shape index (κ1) is 26.4. The number of anilines is 1. The second kappa shape index (κ2) is 13.0. The third kappa shape index (κ3) is 8.49. The van der Waals surface area contributed by atoms with Crippen LogP contribution in [0.1, 0.15) is 46.5 Å². The van der Waals surface area contributed by atoms with Crippen LogP contribution in [0.4, 0.5) is 5.69 Å². The Morgan fingerprint density at radius 2 is 1.69 bits per heavy atom. The van der Waals surface area contributed by atoms with Crippen molar-refractivity contribution in [1.82, 2.24) is 10.6 Å². The summed E-state index contributed by atoms with van der Waals surface area (Å²) in [7, 11) is 0. The summed E-state index contributed by atoms with van der Waals surface area (Å²) in [5, 5.41) is 8.70. The van der Waals surface area contributed by atoms with Crippen molar-refractivity contribution in [3.05, 3.63) is 94.0 Å².